The van der Waals surface area contributed by atoms with E-state index >= 15 is 0 Å². The zero-order valence-corrected chi connectivity index (χ0v) is 13.9. The monoisotopic (exact) mass is 341 g/mol. The van der Waals surface area contributed by atoms with E-state index < -0.39 is 0 Å². The third-order valence-electron chi connectivity index (χ3n) is 3.99. The number of nitrogens with zero attached hydrogens (tertiary/aromatic N) is 1. The van der Waals surface area contributed by atoms with Crippen molar-refractivity contribution in [2.45, 2.75) is 52.1 Å². The van der Waals surface area contributed by atoms with E-state index in [4.69, 9.17) is 4.74 Å². The Balaban J connectivity index is 2.15. The Morgan fingerprint density at radius 2 is 2.15 bits per heavy atom. The summed E-state index contributed by atoms with van der Waals surface area (Å²) in [6.45, 7) is 6.85. The largest absolute Gasteiger partial charge is 0.503 e. The SMILES string of the molecule is CCOc1cc(CN2CCCCC2CC)cc(Br)c1O. The number of phenolic OH excluding ortho intramolecular Hbond substituents is 1. The van der Waals surface area contributed by atoms with Crippen LogP contribution in [-0.4, -0.2) is 29.2 Å². The molecule has 2 rings (SSSR count). The van der Waals surface area contributed by atoms with Gasteiger partial charge >= 0.3 is 0 Å². The van der Waals surface area contributed by atoms with Gasteiger partial charge in [-0.3, -0.25) is 4.90 Å². The molecule has 20 heavy (non-hydrogen) atoms. The fourth-order valence-electron chi connectivity index (χ4n) is 2.95. The summed E-state index contributed by atoms with van der Waals surface area (Å²) in [6.07, 6.45) is 5.14. The molecule has 4 heteroatoms. The second-order valence-corrected chi connectivity index (χ2v) is 6.24. The molecule has 1 saturated heterocycles. The molecule has 0 amide bonds. The summed E-state index contributed by atoms with van der Waals surface area (Å²) in [6, 6.07) is 4.65. The van der Waals surface area contributed by atoms with Gasteiger partial charge < -0.3 is 9.84 Å². The minimum atomic E-state index is 0.196. The molecule has 1 N–H and O–H groups in total. The molecular weight excluding hydrogens is 318 g/mol. The molecule has 1 heterocycles. The van der Waals surface area contributed by atoms with E-state index in [0.717, 1.165) is 6.54 Å². The average Bonchev–Trinajstić information content (AvgIpc) is 2.45. The van der Waals surface area contributed by atoms with Crippen molar-refractivity contribution in [2.24, 2.45) is 0 Å². The van der Waals surface area contributed by atoms with Crippen LogP contribution in [0.4, 0.5) is 0 Å². The average molecular weight is 342 g/mol. The number of piperidine rings is 1. The van der Waals surface area contributed by atoms with Crippen molar-refractivity contribution in [3.8, 4) is 11.5 Å². The minimum Gasteiger partial charge on any atom is -0.503 e. The molecule has 1 aromatic carbocycles. The lowest BCUT2D eigenvalue weighted by Crippen LogP contribution is -2.38. The van der Waals surface area contributed by atoms with Crippen LogP contribution in [0, 0.1) is 0 Å². The van der Waals surface area contributed by atoms with Crippen molar-refractivity contribution in [1.29, 1.82) is 0 Å². The van der Waals surface area contributed by atoms with Gasteiger partial charge in [-0.1, -0.05) is 13.3 Å². The number of likely N-dealkylation sites (tertiary alicyclic amines) is 1. The van der Waals surface area contributed by atoms with Gasteiger partial charge in [0.25, 0.3) is 0 Å². The molecule has 0 radical (unpaired) electrons. The third-order valence-corrected chi connectivity index (χ3v) is 4.60. The fraction of sp³-hybridized carbons (Fsp3) is 0.625. The summed E-state index contributed by atoms with van der Waals surface area (Å²) in [5, 5.41) is 9.97. The van der Waals surface area contributed by atoms with Gasteiger partial charge in [0.1, 0.15) is 0 Å². The summed E-state index contributed by atoms with van der Waals surface area (Å²) in [5.74, 6) is 0.767. The van der Waals surface area contributed by atoms with Crippen LogP contribution >= 0.6 is 15.9 Å². The first-order chi connectivity index (χ1) is 9.65. The van der Waals surface area contributed by atoms with Crippen LogP contribution in [0.1, 0.15) is 45.1 Å². The van der Waals surface area contributed by atoms with Crippen LogP contribution in [0.3, 0.4) is 0 Å². The van der Waals surface area contributed by atoms with Crippen LogP contribution in [0.15, 0.2) is 16.6 Å². The van der Waals surface area contributed by atoms with E-state index in [2.05, 4.69) is 27.8 Å². The number of halogens is 1. The van der Waals surface area contributed by atoms with Gasteiger partial charge in [0.15, 0.2) is 11.5 Å². The van der Waals surface area contributed by atoms with Crippen LogP contribution < -0.4 is 4.74 Å². The Kier molecular flexibility index (Phi) is 5.73. The summed E-state index contributed by atoms with van der Waals surface area (Å²) in [5.41, 5.74) is 1.19. The van der Waals surface area contributed by atoms with E-state index in [-0.39, 0.29) is 5.75 Å². The van der Waals surface area contributed by atoms with Crippen LogP contribution in [0.25, 0.3) is 0 Å². The number of ether oxygens (including phenoxy) is 1. The zero-order chi connectivity index (χ0) is 14.5. The van der Waals surface area contributed by atoms with E-state index in [1.165, 1.54) is 37.8 Å². The van der Waals surface area contributed by atoms with E-state index in [0.29, 0.717) is 22.9 Å². The fourth-order valence-corrected chi connectivity index (χ4v) is 3.44. The van der Waals surface area contributed by atoms with Gasteiger partial charge in [-0.2, -0.15) is 0 Å². The van der Waals surface area contributed by atoms with Crippen molar-refractivity contribution in [3.63, 3.8) is 0 Å². The molecule has 0 aromatic heterocycles. The molecule has 0 spiro atoms. The summed E-state index contributed by atoms with van der Waals surface area (Å²) >= 11 is 3.42. The Hall–Kier alpha value is -0.740. The van der Waals surface area contributed by atoms with Crippen LogP contribution in [0.2, 0.25) is 0 Å². The van der Waals surface area contributed by atoms with Gasteiger partial charge in [0, 0.05) is 12.6 Å². The normalized spacial score (nSPS) is 20.1. The highest BCUT2D eigenvalue weighted by atomic mass is 79.9. The van der Waals surface area contributed by atoms with Crippen molar-refractivity contribution in [3.05, 3.63) is 22.2 Å². The van der Waals surface area contributed by atoms with Crippen molar-refractivity contribution < 1.29 is 9.84 Å². The topological polar surface area (TPSA) is 32.7 Å². The van der Waals surface area contributed by atoms with E-state index in [1.54, 1.807) is 0 Å². The van der Waals surface area contributed by atoms with Gasteiger partial charge in [-0.25, -0.2) is 0 Å². The van der Waals surface area contributed by atoms with Crippen LogP contribution in [-0.2, 0) is 6.54 Å². The van der Waals surface area contributed by atoms with Crippen molar-refractivity contribution in [2.75, 3.05) is 13.2 Å². The maximum atomic E-state index is 9.97. The molecule has 1 aliphatic heterocycles. The zero-order valence-electron chi connectivity index (χ0n) is 12.4. The Bertz CT molecular complexity index is 450. The highest BCUT2D eigenvalue weighted by molar-refractivity contribution is 9.10. The quantitative estimate of drug-likeness (QED) is 0.865. The van der Waals surface area contributed by atoms with Crippen molar-refractivity contribution >= 4 is 15.9 Å². The molecule has 1 aliphatic rings. The molecular formula is C16H24BrNO2. The molecule has 1 unspecified atom stereocenters. The first-order valence-electron chi connectivity index (χ1n) is 7.54. The molecule has 3 nitrogen and oxygen atoms in total. The molecule has 0 bridgehead atoms. The molecule has 112 valence electrons. The maximum Gasteiger partial charge on any atom is 0.172 e. The second kappa shape index (κ2) is 7.32. The van der Waals surface area contributed by atoms with Crippen molar-refractivity contribution in [1.82, 2.24) is 4.90 Å². The van der Waals surface area contributed by atoms with E-state index in [1.807, 2.05) is 19.1 Å². The summed E-state index contributed by atoms with van der Waals surface area (Å²) in [4.78, 5) is 2.55. The molecule has 1 atom stereocenters. The molecule has 1 fully saturated rings. The Labute approximate surface area is 130 Å². The minimum absolute atomic E-state index is 0.196. The van der Waals surface area contributed by atoms with Crippen LogP contribution in [0.5, 0.6) is 11.5 Å². The maximum absolute atomic E-state index is 9.97. The third kappa shape index (κ3) is 3.67. The highest BCUT2D eigenvalue weighted by Crippen LogP contribution is 2.36. The lowest BCUT2D eigenvalue weighted by Gasteiger charge is -2.35. The predicted molar refractivity (Wildman–Crippen MR) is 85.3 cm³/mol. The molecule has 1 aromatic rings. The number of hydrogen-bond donors (Lipinski definition) is 1. The number of rotatable bonds is 5. The summed E-state index contributed by atoms with van der Waals surface area (Å²) < 4.78 is 6.21. The van der Waals surface area contributed by atoms with Gasteiger partial charge in [-0.15, -0.1) is 0 Å². The number of aromatic hydroxyl groups is 1. The van der Waals surface area contributed by atoms with E-state index in [9.17, 15) is 5.11 Å². The number of hydrogen-bond acceptors (Lipinski definition) is 3. The number of benzene rings is 1. The summed E-state index contributed by atoms with van der Waals surface area (Å²) in [7, 11) is 0. The highest BCUT2D eigenvalue weighted by Gasteiger charge is 2.21. The molecule has 0 aliphatic carbocycles. The Morgan fingerprint density at radius 1 is 1.35 bits per heavy atom. The number of phenols is 1. The predicted octanol–water partition coefficient (Wildman–Crippen LogP) is 4.32. The first-order valence-corrected chi connectivity index (χ1v) is 8.33. The first kappa shape index (κ1) is 15.6. The van der Waals surface area contributed by atoms with Gasteiger partial charge in [0.05, 0.1) is 11.1 Å². The standard InChI is InChI=1S/C16H24BrNO2/c1-3-13-7-5-6-8-18(13)11-12-9-14(17)16(19)15(10-12)20-4-2/h9-10,13,19H,3-8,11H2,1-2H3. The lowest BCUT2D eigenvalue weighted by atomic mass is 9.99. The lowest BCUT2D eigenvalue weighted by molar-refractivity contribution is 0.136. The Morgan fingerprint density at radius 3 is 2.85 bits per heavy atom. The smallest absolute Gasteiger partial charge is 0.172 e. The van der Waals surface area contributed by atoms with Gasteiger partial charge in [-0.05, 0) is 66.4 Å². The van der Waals surface area contributed by atoms with Gasteiger partial charge in [0.2, 0.25) is 0 Å². The molecule has 0 saturated carbocycles. The second-order valence-electron chi connectivity index (χ2n) is 5.39.